The van der Waals surface area contributed by atoms with Gasteiger partial charge in [-0.25, -0.2) is 4.39 Å². The predicted octanol–water partition coefficient (Wildman–Crippen LogP) is 4.19. The highest BCUT2D eigenvalue weighted by Gasteiger charge is 2.11. The van der Waals surface area contributed by atoms with E-state index in [9.17, 15) is 4.39 Å². The maximum Gasteiger partial charge on any atom is 0.203 e. The highest BCUT2D eigenvalue weighted by Crippen LogP contribution is 2.15. The molecule has 25 heavy (non-hydrogen) atoms. The van der Waals surface area contributed by atoms with Crippen molar-refractivity contribution in [3.05, 3.63) is 60.0 Å². The number of imidazole rings is 1. The molecule has 0 unspecified atom stereocenters. The molecule has 3 rings (SSSR count). The number of hydrogen-bond donors (Lipinski definition) is 1. The van der Waals surface area contributed by atoms with Crippen LogP contribution in [0.15, 0.2) is 48.5 Å². The fourth-order valence-electron chi connectivity index (χ4n) is 3.01. The number of nitrogens with zero attached hydrogens (tertiary/aromatic N) is 2. The Morgan fingerprint density at radius 3 is 2.28 bits per heavy atom. The monoisotopic (exact) mass is 341 g/mol. The molecule has 1 aromatic heterocycles. The van der Waals surface area contributed by atoms with E-state index in [1.807, 2.05) is 16.7 Å². The van der Waals surface area contributed by atoms with E-state index in [-0.39, 0.29) is 5.82 Å². The summed E-state index contributed by atoms with van der Waals surface area (Å²) in [4.78, 5) is 0. The molecular weight excluding hydrogens is 317 g/mol. The lowest BCUT2D eigenvalue weighted by atomic mass is 10.2. The average molecular weight is 341 g/mol. The van der Waals surface area contributed by atoms with Crippen LogP contribution in [-0.2, 0) is 13.1 Å². The third-order valence-corrected chi connectivity index (χ3v) is 4.13. The Kier molecular flexibility index (Phi) is 5.22. The van der Waals surface area contributed by atoms with Gasteiger partial charge in [-0.3, -0.25) is 5.41 Å². The molecule has 4 nitrogen and oxygen atoms in total. The minimum atomic E-state index is -0.264. The second kappa shape index (κ2) is 7.55. The molecule has 0 aliphatic heterocycles. The van der Waals surface area contributed by atoms with Crippen LogP contribution in [0.4, 0.5) is 4.39 Å². The normalized spacial score (nSPS) is 11.4. The van der Waals surface area contributed by atoms with Crippen molar-refractivity contribution in [2.24, 2.45) is 5.92 Å². The fourth-order valence-corrected chi connectivity index (χ4v) is 3.01. The van der Waals surface area contributed by atoms with Gasteiger partial charge in [0.05, 0.1) is 17.6 Å². The van der Waals surface area contributed by atoms with E-state index in [1.165, 1.54) is 12.1 Å². The van der Waals surface area contributed by atoms with Gasteiger partial charge < -0.3 is 13.9 Å². The largest absolute Gasteiger partial charge is 0.494 e. The van der Waals surface area contributed by atoms with Crippen molar-refractivity contribution in [2.75, 3.05) is 6.61 Å². The Morgan fingerprint density at radius 1 is 1.00 bits per heavy atom. The van der Waals surface area contributed by atoms with Crippen LogP contribution >= 0.6 is 0 Å². The summed E-state index contributed by atoms with van der Waals surface area (Å²) in [7, 11) is 0. The summed E-state index contributed by atoms with van der Waals surface area (Å²) >= 11 is 0. The number of rotatable bonds is 7. The first-order valence-electron chi connectivity index (χ1n) is 8.67. The van der Waals surface area contributed by atoms with Crippen molar-refractivity contribution in [1.29, 1.82) is 5.41 Å². The number of halogens is 1. The molecule has 0 aliphatic rings. The van der Waals surface area contributed by atoms with E-state index in [4.69, 9.17) is 10.1 Å². The van der Waals surface area contributed by atoms with Gasteiger partial charge in [-0.05, 0) is 48.7 Å². The molecule has 0 bridgehead atoms. The zero-order valence-electron chi connectivity index (χ0n) is 14.7. The van der Waals surface area contributed by atoms with Crippen LogP contribution in [0.2, 0.25) is 0 Å². The lowest BCUT2D eigenvalue weighted by molar-refractivity contribution is 0.300. The number of ether oxygens (including phenoxy) is 1. The Bertz CT molecular complexity index is 893. The second-order valence-electron chi connectivity index (χ2n) is 6.62. The molecule has 3 aromatic rings. The van der Waals surface area contributed by atoms with E-state index in [0.717, 1.165) is 24.0 Å². The molecule has 0 saturated carbocycles. The van der Waals surface area contributed by atoms with Crippen molar-refractivity contribution >= 4 is 11.0 Å². The van der Waals surface area contributed by atoms with Gasteiger partial charge in [0.25, 0.3) is 0 Å². The molecule has 132 valence electrons. The average Bonchev–Trinajstić information content (AvgIpc) is 2.85. The van der Waals surface area contributed by atoms with Gasteiger partial charge >= 0.3 is 0 Å². The molecular formula is C20H24FN3O. The summed E-state index contributed by atoms with van der Waals surface area (Å²) < 4.78 is 22.7. The third-order valence-electron chi connectivity index (χ3n) is 4.13. The van der Waals surface area contributed by atoms with Crippen LogP contribution in [0.25, 0.3) is 11.0 Å². The summed E-state index contributed by atoms with van der Waals surface area (Å²) in [5.74, 6) is 0.884. The minimum absolute atomic E-state index is 0.264. The van der Waals surface area contributed by atoms with Gasteiger partial charge in [0, 0.05) is 13.1 Å². The quantitative estimate of drug-likeness (QED) is 0.644. The highest BCUT2D eigenvalue weighted by molar-refractivity contribution is 5.75. The molecule has 0 aliphatic carbocycles. The van der Waals surface area contributed by atoms with E-state index in [2.05, 4.69) is 30.5 Å². The maximum absolute atomic E-state index is 12.9. The van der Waals surface area contributed by atoms with Gasteiger partial charge in [0.15, 0.2) is 0 Å². The third kappa shape index (κ3) is 3.92. The van der Waals surface area contributed by atoms with E-state index in [1.54, 1.807) is 12.1 Å². The molecule has 2 aromatic carbocycles. The Balaban J connectivity index is 1.72. The van der Waals surface area contributed by atoms with Crippen molar-refractivity contribution in [3.8, 4) is 5.75 Å². The standard InChI is InChI=1S/C20H24FN3O/c1-15(2)14-24-19-7-4-3-6-18(19)23(20(24)22)12-5-13-25-17-10-8-16(21)9-11-17/h3-4,6-11,15,22H,5,12-14H2,1-2H3. The number of aromatic nitrogens is 2. The molecule has 5 heteroatoms. The molecule has 0 spiro atoms. The molecule has 1 heterocycles. The Hall–Kier alpha value is -2.56. The molecule has 0 fully saturated rings. The number of hydrogen-bond acceptors (Lipinski definition) is 2. The molecule has 1 N–H and O–H groups in total. The molecule has 0 atom stereocenters. The van der Waals surface area contributed by atoms with E-state index in [0.29, 0.717) is 30.4 Å². The summed E-state index contributed by atoms with van der Waals surface area (Å²) in [5, 5.41) is 8.53. The van der Waals surface area contributed by atoms with E-state index >= 15 is 0 Å². The zero-order chi connectivity index (χ0) is 17.8. The Labute approximate surface area is 147 Å². The number of benzene rings is 2. The van der Waals surface area contributed by atoms with Crippen molar-refractivity contribution in [2.45, 2.75) is 33.4 Å². The first-order chi connectivity index (χ1) is 12.1. The fraction of sp³-hybridized carbons (Fsp3) is 0.350. The first kappa shape index (κ1) is 17.3. The molecule has 0 saturated heterocycles. The molecule has 0 radical (unpaired) electrons. The van der Waals surface area contributed by atoms with Crippen LogP contribution in [0.3, 0.4) is 0 Å². The van der Waals surface area contributed by atoms with Crippen LogP contribution < -0.4 is 10.4 Å². The van der Waals surface area contributed by atoms with Gasteiger partial charge in [0.2, 0.25) is 5.62 Å². The van der Waals surface area contributed by atoms with Crippen LogP contribution in [0.5, 0.6) is 5.75 Å². The summed E-state index contributed by atoms with van der Waals surface area (Å²) in [6.07, 6.45) is 0.781. The summed E-state index contributed by atoms with van der Waals surface area (Å²) in [6, 6.07) is 14.2. The van der Waals surface area contributed by atoms with Crippen LogP contribution in [0, 0.1) is 17.1 Å². The number of para-hydroxylation sites is 2. The summed E-state index contributed by atoms with van der Waals surface area (Å²) in [5.41, 5.74) is 2.70. The van der Waals surface area contributed by atoms with Crippen molar-refractivity contribution in [3.63, 3.8) is 0 Å². The number of fused-ring (bicyclic) bond motifs is 1. The topological polar surface area (TPSA) is 42.9 Å². The van der Waals surface area contributed by atoms with Crippen LogP contribution in [-0.4, -0.2) is 15.7 Å². The number of nitrogens with one attached hydrogen (secondary N) is 1. The Morgan fingerprint density at radius 2 is 1.64 bits per heavy atom. The summed E-state index contributed by atoms with van der Waals surface area (Å²) in [6.45, 7) is 6.40. The van der Waals surface area contributed by atoms with Gasteiger partial charge in [-0.2, -0.15) is 0 Å². The number of aryl methyl sites for hydroxylation is 1. The predicted molar refractivity (Wildman–Crippen MR) is 97.1 cm³/mol. The lowest BCUT2D eigenvalue weighted by Crippen LogP contribution is -2.26. The maximum atomic E-state index is 12.9. The van der Waals surface area contributed by atoms with Crippen molar-refractivity contribution < 1.29 is 9.13 Å². The minimum Gasteiger partial charge on any atom is -0.494 e. The van der Waals surface area contributed by atoms with Gasteiger partial charge in [0.1, 0.15) is 11.6 Å². The van der Waals surface area contributed by atoms with Gasteiger partial charge in [-0.1, -0.05) is 26.0 Å². The molecule has 0 amide bonds. The SMILES string of the molecule is CC(C)Cn1c(=N)n(CCCOc2ccc(F)cc2)c2ccccc21. The van der Waals surface area contributed by atoms with Crippen LogP contribution in [0.1, 0.15) is 20.3 Å². The van der Waals surface area contributed by atoms with Crippen molar-refractivity contribution in [1.82, 2.24) is 9.13 Å². The zero-order valence-corrected chi connectivity index (χ0v) is 14.7. The lowest BCUT2D eigenvalue weighted by Gasteiger charge is -2.08. The smallest absolute Gasteiger partial charge is 0.203 e. The van der Waals surface area contributed by atoms with E-state index < -0.39 is 0 Å². The highest BCUT2D eigenvalue weighted by atomic mass is 19.1. The first-order valence-corrected chi connectivity index (χ1v) is 8.67. The second-order valence-corrected chi connectivity index (χ2v) is 6.62. The van der Waals surface area contributed by atoms with Gasteiger partial charge in [-0.15, -0.1) is 0 Å².